The number of ether oxygens (including phenoxy) is 1. The molecule has 2 atom stereocenters. The van der Waals surface area contributed by atoms with Crippen molar-refractivity contribution in [2.24, 2.45) is 11.8 Å². The molecule has 0 aromatic rings. The molecular formula is C11H21NO4. The molecule has 0 fully saturated rings. The third-order valence-electron chi connectivity index (χ3n) is 2.64. The number of nitro groups is 1. The van der Waals surface area contributed by atoms with E-state index in [0.29, 0.717) is 19.4 Å². The highest BCUT2D eigenvalue weighted by Crippen LogP contribution is 2.22. The number of nitrogens with zero attached hydrogens (tertiary/aromatic N) is 1. The molecule has 0 aliphatic carbocycles. The number of carbonyl (C=O) groups is 1. The molecule has 0 aromatic heterocycles. The van der Waals surface area contributed by atoms with E-state index in [2.05, 4.69) is 0 Å². The van der Waals surface area contributed by atoms with Gasteiger partial charge in [0.05, 0.1) is 12.5 Å². The van der Waals surface area contributed by atoms with Crippen molar-refractivity contribution in [1.29, 1.82) is 0 Å². The SMILES string of the molecule is CCC[C@@H](C[N+](=O)[O-])C(CC)C(=O)OCC. The number of esters is 1. The highest BCUT2D eigenvalue weighted by molar-refractivity contribution is 5.72. The zero-order chi connectivity index (χ0) is 12.6. The maximum atomic E-state index is 11.6. The minimum atomic E-state index is -0.345. The molecule has 0 aliphatic rings. The summed E-state index contributed by atoms with van der Waals surface area (Å²) in [5.41, 5.74) is 0. The van der Waals surface area contributed by atoms with Gasteiger partial charge in [0.1, 0.15) is 0 Å². The van der Waals surface area contributed by atoms with Crippen LogP contribution in [0.2, 0.25) is 0 Å². The van der Waals surface area contributed by atoms with Crippen molar-refractivity contribution >= 4 is 5.97 Å². The van der Waals surface area contributed by atoms with Crippen LogP contribution in [0.3, 0.4) is 0 Å². The van der Waals surface area contributed by atoms with Gasteiger partial charge < -0.3 is 4.74 Å². The summed E-state index contributed by atoms with van der Waals surface area (Å²) < 4.78 is 4.94. The van der Waals surface area contributed by atoms with Crippen molar-refractivity contribution in [1.82, 2.24) is 0 Å². The summed E-state index contributed by atoms with van der Waals surface area (Å²) in [5, 5.41) is 10.5. The zero-order valence-electron chi connectivity index (χ0n) is 10.3. The molecule has 0 aliphatic heterocycles. The van der Waals surface area contributed by atoms with Gasteiger partial charge in [0, 0.05) is 10.8 Å². The molecule has 0 spiro atoms. The summed E-state index contributed by atoms with van der Waals surface area (Å²) >= 11 is 0. The fraction of sp³-hybridized carbons (Fsp3) is 0.909. The maximum Gasteiger partial charge on any atom is 0.309 e. The van der Waals surface area contributed by atoms with Gasteiger partial charge in [-0.3, -0.25) is 14.9 Å². The Balaban J connectivity index is 4.55. The Labute approximate surface area is 96.3 Å². The Bertz CT molecular complexity index is 230. The van der Waals surface area contributed by atoms with E-state index in [9.17, 15) is 14.9 Å². The summed E-state index contributed by atoms with van der Waals surface area (Å²) in [6.45, 7) is 5.75. The molecule has 5 nitrogen and oxygen atoms in total. The van der Waals surface area contributed by atoms with Crippen molar-refractivity contribution in [3.63, 3.8) is 0 Å². The average Bonchev–Trinajstić information content (AvgIpc) is 2.18. The van der Waals surface area contributed by atoms with Crippen molar-refractivity contribution in [3.8, 4) is 0 Å². The van der Waals surface area contributed by atoms with Crippen molar-refractivity contribution < 1.29 is 14.5 Å². The highest BCUT2D eigenvalue weighted by atomic mass is 16.6. The smallest absolute Gasteiger partial charge is 0.309 e. The Kier molecular flexibility index (Phi) is 7.50. The lowest BCUT2D eigenvalue weighted by Crippen LogP contribution is -2.30. The van der Waals surface area contributed by atoms with Crippen LogP contribution in [0.5, 0.6) is 0 Å². The molecule has 0 N–H and O–H groups in total. The van der Waals surface area contributed by atoms with Gasteiger partial charge in [0.25, 0.3) is 0 Å². The lowest BCUT2D eigenvalue weighted by atomic mass is 9.86. The van der Waals surface area contributed by atoms with Crippen LogP contribution in [-0.2, 0) is 9.53 Å². The van der Waals surface area contributed by atoms with Crippen LogP contribution in [0.4, 0.5) is 0 Å². The third kappa shape index (κ3) is 5.09. The van der Waals surface area contributed by atoms with E-state index in [1.165, 1.54) is 0 Å². The fourth-order valence-corrected chi connectivity index (χ4v) is 1.92. The standard InChI is InChI=1S/C11H21NO4/c1-4-7-9(8-12(14)15)10(5-2)11(13)16-6-3/h9-10H,4-8H2,1-3H3/t9-,10?/m0/s1. The van der Waals surface area contributed by atoms with Crippen molar-refractivity contribution in [2.45, 2.75) is 40.0 Å². The van der Waals surface area contributed by atoms with E-state index < -0.39 is 0 Å². The molecular weight excluding hydrogens is 210 g/mol. The number of rotatable bonds is 8. The van der Waals surface area contributed by atoms with Gasteiger partial charge >= 0.3 is 5.97 Å². The van der Waals surface area contributed by atoms with E-state index >= 15 is 0 Å². The molecule has 0 aromatic carbocycles. The number of hydrogen-bond donors (Lipinski definition) is 0. The molecule has 0 bridgehead atoms. The Morgan fingerprint density at radius 1 is 1.38 bits per heavy atom. The van der Waals surface area contributed by atoms with Gasteiger partial charge in [0.15, 0.2) is 0 Å². The minimum Gasteiger partial charge on any atom is -0.466 e. The summed E-state index contributed by atoms with van der Waals surface area (Å²) in [6.07, 6.45) is 2.13. The quantitative estimate of drug-likeness (QED) is 0.365. The van der Waals surface area contributed by atoms with E-state index in [1.54, 1.807) is 6.92 Å². The molecule has 0 rings (SSSR count). The largest absolute Gasteiger partial charge is 0.466 e. The lowest BCUT2D eigenvalue weighted by Gasteiger charge is -2.20. The van der Waals surface area contributed by atoms with E-state index in [1.807, 2.05) is 13.8 Å². The van der Waals surface area contributed by atoms with Crippen LogP contribution < -0.4 is 0 Å². The molecule has 0 heterocycles. The van der Waals surface area contributed by atoms with Crippen molar-refractivity contribution in [3.05, 3.63) is 10.1 Å². The second kappa shape index (κ2) is 8.07. The van der Waals surface area contributed by atoms with Gasteiger partial charge in [-0.15, -0.1) is 0 Å². The summed E-state index contributed by atoms with van der Waals surface area (Å²) in [5.74, 6) is -0.848. The van der Waals surface area contributed by atoms with Crippen LogP contribution in [0.25, 0.3) is 0 Å². The third-order valence-corrected chi connectivity index (χ3v) is 2.64. The monoisotopic (exact) mass is 231 g/mol. The molecule has 0 saturated carbocycles. The van der Waals surface area contributed by atoms with Gasteiger partial charge in [-0.05, 0) is 19.8 Å². The molecule has 94 valence electrons. The van der Waals surface area contributed by atoms with Crippen molar-refractivity contribution in [2.75, 3.05) is 13.2 Å². The predicted molar refractivity (Wildman–Crippen MR) is 60.7 cm³/mol. The zero-order valence-corrected chi connectivity index (χ0v) is 10.3. The highest BCUT2D eigenvalue weighted by Gasteiger charge is 2.30. The van der Waals surface area contributed by atoms with E-state index in [0.717, 1.165) is 6.42 Å². The second-order valence-electron chi connectivity index (χ2n) is 3.83. The van der Waals surface area contributed by atoms with Gasteiger partial charge in [-0.25, -0.2) is 0 Å². The first-order valence-corrected chi connectivity index (χ1v) is 5.85. The molecule has 16 heavy (non-hydrogen) atoms. The first-order valence-electron chi connectivity index (χ1n) is 5.85. The number of carbonyl (C=O) groups excluding carboxylic acids is 1. The molecule has 0 amide bonds. The summed E-state index contributed by atoms with van der Waals surface area (Å²) in [6, 6.07) is 0. The Morgan fingerprint density at radius 3 is 2.38 bits per heavy atom. The summed E-state index contributed by atoms with van der Waals surface area (Å²) in [4.78, 5) is 21.8. The lowest BCUT2D eigenvalue weighted by molar-refractivity contribution is -0.489. The van der Waals surface area contributed by atoms with Crippen LogP contribution in [-0.4, -0.2) is 24.0 Å². The first-order chi connectivity index (χ1) is 7.56. The van der Waals surface area contributed by atoms with E-state index in [4.69, 9.17) is 4.74 Å². The van der Waals surface area contributed by atoms with Gasteiger partial charge in [-0.2, -0.15) is 0 Å². The van der Waals surface area contributed by atoms with E-state index in [-0.39, 0.29) is 29.3 Å². The Morgan fingerprint density at radius 2 is 2.00 bits per heavy atom. The van der Waals surface area contributed by atoms with Crippen LogP contribution in [0, 0.1) is 22.0 Å². The van der Waals surface area contributed by atoms with Crippen LogP contribution in [0.15, 0.2) is 0 Å². The summed E-state index contributed by atoms with van der Waals surface area (Å²) in [7, 11) is 0. The topological polar surface area (TPSA) is 69.4 Å². The first kappa shape index (κ1) is 14.9. The van der Waals surface area contributed by atoms with Gasteiger partial charge in [0.2, 0.25) is 6.54 Å². The van der Waals surface area contributed by atoms with Crippen LogP contribution in [0.1, 0.15) is 40.0 Å². The normalized spacial score (nSPS) is 14.2. The molecule has 1 unspecified atom stereocenters. The second-order valence-corrected chi connectivity index (χ2v) is 3.83. The van der Waals surface area contributed by atoms with Crippen LogP contribution >= 0.6 is 0 Å². The molecule has 0 radical (unpaired) electrons. The fourth-order valence-electron chi connectivity index (χ4n) is 1.92. The Hall–Kier alpha value is -1.13. The average molecular weight is 231 g/mol. The number of hydrogen-bond acceptors (Lipinski definition) is 4. The minimum absolute atomic E-state index is 0.148. The van der Waals surface area contributed by atoms with Gasteiger partial charge in [-0.1, -0.05) is 20.3 Å². The predicted octanol–water partition coefficient (Wildman–Crippen LogP) is 2.27. The maximum absolute atomic E-state index is 11.6. The molecule has 5 heteroatoms. The molecule has 0 saturated heterocycles.